The third kappa shape index (κ3) is 4.92. The average molecular weight is 682 g/mol. The molecule has 0 aliphatic rings. The smallest absolute Gasteiger partial charge is 0.116 e. The average Bonchev–Trinajstić information content (AvgIpc) is 3.84. The van der Waals surface area contributed by atoms with Gasteiger partial charge in [0.25, 0.3) is 0 Å². The first-order valence-corrected chi connectivity index (χ1v) is 17.6. The summed E-state index contributed by atoms with van der Waals surface area (Å²) in [7, 11) is 0. The van der Waals surface area contributed by atoms with Crippen molar-refractivity contribution >= 4 is 63.1 Å². The zero-order valence-corrected chi connectivity index (χ0v) is 27.8. The lowest BCUT2D eigenvalue weighted by Gasteiger charge is -2.09. The molecule has 50 heavy (non-hydrogen) atoms. The fraction of sp³-hybridized carbons (Fsp3) is 0. The molecule has 0 unspecified atom stereocenters. The van der Waals surface area contributed by atoms with Gasteiger partial charge in [0.2, 0.25) is 0 Å². The van der Waals surface area contributed by atoms with Crippen LogP contribution in [0.25, 0.3) is 96.2 Å². The highest BCUT2D eigenvalue weighted by Crippen LogP contribution is 2.42. The molecule has 0 bridgehead atoms. The van der Waals surface area contributed by atoms with Crippen LogP contribution in [0.1, 0.15) is 12.3 Å². The van der Waals surface area contributed by atoms with Crippen molar-refractivity contribution in [2.75, 3.05) is 0 Å². The fourth-order valence-corrected chi connectivity index (χ4v) is 8.97. The molecule has 3 heterocycles. The molecule has 4 heteroatoms. The topological polar surface area (TPSA) is 25.8 Å². The molecule has 3 aromatic heterocycles. The summed E-state index contributed by atoms with van der Waals surface area (Å²) in [5.41, 5.74) is 6.56. The number of fused-ring (bicyclic) bond motifs is 6. The van der Waals surface area contributed by atoms with Gasteiger partial charge < -0.3 is 0 Å². The first-order chi connectivity index (χ1) is 28.5. The van der Waals surface area contributed by atoms with Crippen LogP contribution >= 0.6 is 22.7 Å². The van der Waals surface area contributed by atoms with Crippen molar-refractivity contribution in [2.45, 2.75) is 0 Å². The summed E-state index contributed by atoms with van der Waals surface area (Å²) >= 11 is 3.34. The van der Waals surface area contributed by atoms with Crippen molar-refractivity contribution in [3.63, 3.8) is 0 Å². The molecule has 10 rings (SSSR count). The predicted molar refractivity (Wildman–Crippen MR) is 215 cm³/mol. The van der Waals surface area contributed by atoms with Crippen molar-refractivity contribution in [1.82, 2.24) is 9.97 Å². The largest absolute Gasteiger partial charge is 0.235 e. The van der Waals surface area contributed by atoms with Gasteiger partial charge in [-0.15, -0.1) is 22.7 Å². The molecule has 2 nitrogen and oxygen atoms in total. The Hall–Kier alpha value is -5.94. The van der Waals surface area contributed by atoms with E-state index in [1.807, 2.05) is 29.5 Å². The molecule has 0 N–H and O–H groups in total. The maximum atomic E-state index is 8.98. The second-order valence-corrected chi connectivity index (χ2v) is 14.0. The lowest BCUT2D eigenvalue weighted by molar-refractivity contribution is 1.24. The van der Waals surface area contributed by atoms with E-state index >= 15 is 0 Å². The van der Waals surface area contributed by atoms with E-state index in [0.717, 1.165) is 42.7 Å². The summed E-state index contributed by atoms with van der Waals surface area (Å²) in [6.07, 6.45) is 1.53. The van der Waals surface area contributed by atoms with Gasteiger partial charge in [-0.25, -0.2) is 9.97 Å². The Morgan fingerprint density at radius 3 is 1.88 bits per heavy atom. The Morgan fingerprint density at radius 1 is 0.420 bits per heavy atom. The number of thiophene rings is 2. The zero-order valence-electron chi connectivity index (χ0n) is 35.2. The van der Waals surface area contributed by atoms with E-state index in [4.69, 9.17) is 17.3 Å². The van der Waals surface area contributed by atoms with Gasteiger partial charge in [0.05, 0.1) is 28.2 Å². The minimum Gasteiger partial charge on any atom is -0.235 e. The Bertz CT molecular complexity index is 3350. The van der Waals surface area contributed by atoms with Crippen molar-refractivity contribution < 1.29 is 12.3 Å². The second-order valence-electron chi connectivity index (χ2n) is 11.9. The standard InChI is InChI=1S/C46H28N2S2/c1-2-9-29(10-3-1)30-19-21-31(22-20-30)34-23-24-42-40(27-34)44-46(50-42)43(47-28-48-44)36-14-7-12-33(26-36)32-11-6-13-35(25-32)37-16-8-17-39-38-15-4-5-18-41(38)49-45(37)39/h1-28H/i1D,2D,3D,9D,10D,19D,20D,21D,22D. The summed E-state index contributed by atoms with van der Waals surface area (Å²) in [6.45, 7) is 0. The molecule has 0 radical (unpaired) electrons. The van der Waals surface area contributed by atoms with E-state index < -0.39 is 42.3 Å². The van der Waals surface area contributed by atoms with Crippen LogP contribution in [0.3, 0.4) is 0 Å². The Kier molecular flexibility index (Phi) is 5.04. The molecule has 0 aliphatic heterocycles. The first kappa shape index (κ1) is 21.2. The van der Waals surface area contributed by atoms with Crippen LogP contribution in [0.4, 0.5) is 0 Å². The van der Waals surface area contributed by atoms with Crippen molar-refractivity contribution in [3.05, 3.63) is 170 Å². The molecule has 0 fully saturated rings. The second kappa shape index (κ2) is 11.9. The lowest BCUT2D eigenvalue weighted by Crippen LogP contribution is -1.88. The maximum absolute atomic E-state index is 8.98. The number of nitrogens with zero attached hydrogens (tertiary/aromatic N) is 2. The maximum Gasteiger partial charge on any atom is 0.116 e. The van der Waals surface area contributed by atoms with Gasteiger partial charge in [0.15, 0.2) is 0 Å². The Balaban J connectivity index is 1.05. The van der Waals surface area contributed by atoms with E-state index in [2.05, 4.69) is 83.8 Å². The summed E-state index contributed by atoms with van der Waals surface area (Å²) in [5, 5.41) is 3.28. The third-order valence-electron chi connectivity index (χ3n) is 8.96. The lowest BCUT2D eigenvalue weighted by atomic mass is 9.96. The molecule has 0 saturated heterocycles. The first-order valence-electron chi connectivity index (χ1n) is 20.5. The third-order valence-corrected chi connectivity index (χ3v) is 11.3. The Labute approximate surface area is 310 Å². The Morgan fingerprint density at radius 2 is 1.04 bits per heavy atom. The molecular weight excluding hydrogens is 645 g/mol. The monoisotopic (exact) mass is 681 g/mol. The molecule has 0 amide bonds. The van der Waals surface area contributed by atoms with Crippen LogP contribution in [0.2, 0.25) is 0 Å². The highest BCUT2D eigenvalue weighted by atomic mass is 32.1. The van der Waals surface area contributed by atoms with Crippen LogP contribution in [0.5, 0.6) is 0 Å². The van der Waals surface area contributed by atoms with Crippen molar-refractivity contribution in [3.8, 4) is 55.8 Å². The number of aromatic nitrogens is 2. The fourth-order valence-electron chi connectivity index (χ4n) is 6.58. The summed E-state index contributed by atoms with van der Waals surface area (Å²) in [5.74, 6) is 0. The van der Waals surface area contributed by atoms with Crippen LogP contribution in [-0.4, -0.2) is 9.97 Å². The van der Waals surface area contributed by atoms with Crippen LogP contribution in [0.15, 0.2) is 170 Å². The molecule has 10 aromatic rings. The normalized spacial score (nSPS) is 14.1. The number of hydrogen-bond acceptors (Lipinski definition) is 4. The molecule has 0 atom stereocenters. The van der Waals surface area contributed by atoms with Crippen LogP contribution in [-0.2, 0) is 0 Å². The minimum absolute atomic E-state index is 0.0326. The van der Waals surface area contributed by atoms with Gasteiger partial charge in [-0.1, -0.05) is 133 Å². The van der Waals surface area contributed by atoms with Gasteiger partial charge in [-0.05, 0) is 74.8 Å². The molecular formula is C46H28N2S2. The zero-order chi connectivity index (χ0) is 40.9. The van der Waals surface area contributed by atoms with Gasteiger partial charge in [0, 0.05) is 35.8 Å². The molecule has 0 aliphatic carbocycles. The number of benzene rings is 7. The van der Waals surface area contributed by atoms with Gasteiger partial charge in [-0.3, -0.25) is 0 Å². The highest BCUT2D eigenvalue weighted by Gasteiger charge is 2.16. The van der Waals surface area contributed by atoms with Crippen LogP contribution in [0, 0.1) is 0 Å². The molecule has 0 spiro atoms. The van der Waals surface area contributed by atoms with E-state index in [0.29, 0.717) is 11.1 Å². The molecule has 0 saturated carbocycles. The molecule has 7 aromatic carbocycles. The predicted octanol–water partition coefficient (Wildman–Crippen LogP) is 13.5. The van der Waals surface area contributed by atoms with E-state index in [-0.39, 0.29) is 28.8 Å². The van der Waals surface area contributed by atoms with E-state index in [9.17, 15) is 0 Å². The minimum atomic E-state index is -0.615. The quantitative estimate of drug-likeness (QED) is 0.181. The van der Waals surface area contributed by atoms with Gasteiger partial charge in [0.1, 0.15) is 6.33 Å². The van der Waals surface area contributed by atoms with Crippen LogP contribution < -0.4 is 0 Å². The van der Waals surface area contributed by atoms with Crippen molar-refractivity contribution in [1.29, 1.82) is 0 Å². The van der Waals surface area contributed by atoms with Gasteiger partial charge >= 0.3 is 0 Å². The highest BCUT2D eigenvalue weighted by molar-refractivity contribution is 7.26. The summed E-state index contributed by atoms with van der Waals surface area (Å²) in [6, 6.07) is 32.5. The molecule has 234 valence electrons. The van der Waals surface area contributed by atoms with Crippen molar-refractivity contribution in [2.24, 2.45) is 0 Å². The summed E-state index contributed by atoms with van der Waals surface area (Å²) in [4.78, 5) is 9.42. The summed E-state index contributed by atoms with van der Waals surface area (Å²) < 4.78 is 81.0. The number of hydrogen-bond donors (Lipinski definition) is 0. The van der Waals surface area contributed by atoms with E-state index in [1.54, 1.807) is 12.1 Å². The number of rotatable bonds is 5. The SMILES string of the molecule is [2H]c1c([2H])c([2H])c(-c2c([2H])c([2H])c(-c3ccc4sc5c(-c6cccc(-c7cccc(-c8cccc9c8sc8ccccc89)c7)c6)ncnc5c4c3)c([2H])c2[2H])c([2H])c1[2H]. The van der Waals surface area contributed by atoms with Gasteiger partial charge in [-0.2, -0.15) is 0 Å². The van der Waals surface area contributed by atoms with E-state index in [1.165, 1.54) is 43.4 Å².